The van der Waals surface area contributed by atoms with Crippen LogP contribution >= 0.6 is 11.6 Å². The second-order valence-corrected chi connectivity index (χ2v) is 3.07. The Hall–Kier alpha value is -1.35. The Balaban J connectivity index is 2.54. The molecule has 0 aliphatic heterocycles. The number of halogens is 2. The minimum atomic E-state index is -0.281. The van der Waals surface area contributed by atoms with Gasteiger partial charge < -0.3 is 0 Å². The molecule has 0 spiro atoms. The van der Waals surface area contributed by atoms with Crippen LogP contribution in [0.25, 0.3) is 5.69 Å². The minimum absolute atomic E-state index is 0.265. The Labute approximate surface area is 86.0 Å². The zero-order valence-electron chi connectivity index (χ0n) is 7.32. The molecule has 1 aromatic carbocycles. The summed E-state index contributed by atoms with van der Waals surface area (Å²) < 4.78 is 15.0. The molecule has 0 aliphatic rings. The van der Waals surface area contributed by atoms with E-state index in [2.05, 4.69) is 4.98 Å². The molecule has 2 rings (SSSR count). The molecule has 0 amide bonds. The fourth-order valence-corrected chi connectivity index (χ4v) is 1.50. The number of hydrogen-bond acceptors (Lipinski definition) is 1. The van der Waals surface area contributed by atoms with E-state index in [9.17, 15) is 4.39 Å². The van der Waals surface area contributed by atoms with Gasteiger partial charge in [0.25, 0.3) is 0 Å². The second kappa shape index (κ2) is 3.80. The maximum atomic E-state index is 13.4. The van der Waals surface area contributed by atoms with Gasteiger partial charge in [-0.2, -0.15) is 0 Å². The molecular weight excluding hydrogens is 203 g/mol. The van der Waals surface area contributed by atoms with Crippen molar-refractivity contribution in [2.45, 2.75) is 5.88 Å². The third kappa shape index (κ3) is 1.51. The van der Waals surface area contributed by atoms with Crippen LogP contribution in [-0.4, -0.2) is 9.55 Å². The van der Waals surface area contributed by atoms with Crippen LogP contribution in [0.5, 0.6) is 0 Å². The zero-order chi connectivity index (χ0) is 9.97. The van der Waals surface area contributed by atoms with Crippen LogP contribution in [0.2, 0.25) is 0 Å². The summed E-state index contributed by atoms with van der Waals surface area (Å²) in [6.45, 7) is 0. The number of alkyl halides is 1. The molecule has 0 saturated heterocycles. The van der Waals surface area contributed by atoms with Crippen molar-refractivity contribution in [1.82, 2.24) is 9.55 Å². The average Bonchev–Trinajstić information content (AvgIpc) is 2.66. The largest absolute Gasteiger partial charge is 0.300 e. The second-order valence-electron chi connectivity index (χ2n) is 2.80. The van der Waals surface area contributed by atoms with Crippen molar-refractivity contribution in [2.75, 3.05) is 0 Å². The highest BCUT2D eigenvalue weighted by atomic mass is 35.5. The molecule has 0 saturated carbocycles. The van der Waals surface area contributed by atoms with Gasteiger partial charge in [-0.1, -0.05) is 12.1 Å². The van der Waals surface area contributed by atoms with Gasteiger partial charge in [-0.3, -0.25) is 4.57 Å². The van der Waals surface area contributed by atoms with Gasteiger partial charge in [0.2, 0.25) is 0 Å². The highest BCUT2D eigenvalue weighted by Gasteiger charge is 2.06. The lowest BCUT2D eigenvalue weighted by Crippen LogP contribution is -2.00. The number of benzene rings is 1. The van der Waals surface area contributed by atoms with Gasteiger partial charge in [0.1, 0.15) is 11.6 Å². The number of para-hydroxylation sites is 1. The summed E-state index contributed by atoms with van der Waals surface area (Å²) >= 11 is 5.67. The van der Waals surface area contributed by atoms with E-state index in [1.807, 2.05) is 0 Å². The van der Waals surface area contributed by atoms with Gasteiger partial charge in [0.15, 0.2) is 0 Å². The first-order chi connectivity index (χ1) is 6.83. The average molecular weight is 211 g/mol. The number of aromatic nitrogens is 2. The first-order valence-corrected chi connectivity index (χ1v) is 4.69. The number of rotatable bonds is 2. The maximum Gasteiger partial charge on any atom is 0.147 e. The van der Waals surface area contributed by atoms with E-state index in [4.69, 9.17) is 11.6 Å². The van der Waals surface area contributed by atoms with E-state index in [0.717, 1.165) is 0 Å². The molecule has 0 fully saturated rings. The molecule has 0 atom stereocenters. The van der Waals surface area contributed by atoms with E-state index in [1.165, 1.54) is 6.07 Å². The molecule has 0 aliphatic carbocycles. The summed E-state index contributed by atoms with van der Waals surface area (Å²) in [5.41, 5.74) is 0.473. The third-order valence-corrected chi connectivity index (χ3v) is 2.19. The molecule has 1 aromatic heterocycles. The van der Waals surface area contributed by atoms with Crippen LogP contribution in [0.15, 0.2) is 36.7 Å². The SMILES string of the molecule is Fc1ccccc1-n1ccnc1CCl. The topological polar surface area (TPSA) is 17.8 Å². The van der Waals surface area contributed by atoms with Gasteiger partial charge >= 0.3 is 0 Å². The summed E-state index contributed by atoms with van der Waals surface area (Å²) in [4.78, 5) is 4.02. The molecule has 1 heterocycles. The Kier molecular flexibility index (Phi) is 2.50. The van der Waals surface area contributed by atoms with Crippen LogP contribution in [-0.2, 0) is 5.88 Å². The number of hydrogen-bond donors (Lipinski definition) is 0. The first-order valence-electron chi connectivity index (χ1n) is 4.16. The van der Waals surface area contributed by atoms with Crippen molar-refractivity contribution in [2.24, 2.45) is 0 Å². The minimum Gasteiger partial charge on any atom is -0.300 e. The summed E-state index contributed by atoms with van der Waals surface area (Å²) in [6.07, 6.45) is 3.29. The van der Waals surface area contributed by atoms with E-state index in [1.54, 1.807) is 35.2 Å². The molecule has 4 heteroatoms. The van der Waals surface area contributed by atoms with Crippen molar-refractivity contribution < 1.29 is 4.39 Å². The molecule has 0 radical (unpaired) electrons. The molecule has 0 bridgehead atoms. The molecular formula is C10H8ClFN2. The maximum absolute atomic E-state index is 13.4. The van der Waals surface area contributed by atoms with Crippen LogP contribution < -0.4 is 0 Å². The predicted octanol–water partition coefficient (Wildman–Crippen LogP) is 2.75. The fraction of sp³-hybridized carbons (Fsp3) is 0.100. The van der Waals surface area contributed by atoms with Crippen molar-refractivity contribution in [3.63, 3.8) is 0 Å². The molecule has 0 unspecified atom stereocenters. The fourth-order valence-electron chi connectivity index (χ4n) is 1.30. The third-order valence-electron chi connectivity index (χ3n) is 1.95. The number of imidazole rings is 1. The van der Waals surface area contributed by atoms with Crippen molar-refractivity contribution in [1.29, 1.82) is 0 Å². The van der Waals surface area contributed by atoms with Gasteiger partial charge in [-0.15, -0.1) is 11.6 Å². The van der Waals surface area contributed by atoms with Crippen LogP contribution in [0, 0.1) is 5.82 Å². The monoisotopic (exact) mass is 210 g/mol. The summed E-state index contributed by atoms with van der Waals surface area (Å²) in [6, 6.07) is 6.52. The van der Waals surface area contributed by atoms with Crippen LogP contribution in [0.1, 0.15) is 5.82 Å². The zero-order valence-corrected chi connectivity index (χ0v) is 8.08. The predicted molar refractivity (Wildman–Crippen MR) is 53.1 cm³/mol. The Morgan fingerprint density at radius 3 is 2.86 bits per heavy atom. The van der Waals surface area contributed by atoms with Gasteiger partial charge in [-0.05, 0) is 12.1 Å². The van der Waals surface area contributed by atoms with Crippen LogP contribution in [0.3, 0.4) is 0 Å². The quantitative estimate of drug-likeness (QED) is 0.697. The van der Waals surface area contributed by atoms with Crippen molar-refractivity contribution in [3.05, 3.63) is 48.3 Å². The van der Waals surface area contributed by atoms with E-state index in [-0.39, 0.29) is 11.7 Å². The summed E-state index contributed by atoms with van der Waals surface area (Å²) in [5, 5.41) is 0. The lowest BCUT2D eigenvalue weighted by Gasteiger charge is -2.06. The van der Waals surface area contributed by atoms with Gasteiger partial charge in [-0.25, -0.2) is 9.37 Å². The Morgan fingerprint density at radius 2 is 2.14 bits per heavy atom. The molecule has 2 aromatic rings. The lowest BCUT2D eigenvalue weighted by atomic mass is 10.3. The Morgan fingerprint density at radius 1 is 1.36 bits per heavy atom. The summed E-state index contributed by atoms with van der Waals surface area (Å²) in [5.74, 6) is 0.620. The first kappa shape index (κ1) is 9.21. The van der Waals surface area contributed by atoms with Crippen LogP contribution in [0.4, 0.5) is 4.39 Å². The molecule has 72 valence electrons. The highest BCUT2D eigenvalue weighted by molar-refractivity contribution is 6.16. The number of nitrogens with zero attached hydrogens (tertiary/aromatic N) is 2. The van der Waals surface area contributed by atoms with Gasteiger partial charge in [0.05, 0.1) is 11.6 Å². The van der Waals surface area contributed by atoms with E-state index in [0.29, 0.717) is 11.5 Å². The molecule has 14 heavy (non-hydrogen) atoms. The van der Waals surface area contributed by atoms with Crippen molar-refractivity contribution >= 4 is 11.6 Å². The summed E-state index contributed by atoms with van der Waals surface area (Å²) in [7, 11) is 0. The Bertz CT molecular complexity index is 439. The highest BCUT2D eigenvalue weighted by Crippen LogP contribution is 2.15. The van der Waals surface area contributed by atoms with Crippen molar-refractivity contribution in [3.8, 4) is 5.69 Å². The normalized spacial score (nSPS) is 10.4. The van der Waals surface area contributed by atoms with Gasteiger partial charge in [0, 0.05) is 12.4 Å². The lowest BCUT2D eigenvalue weighted by molar-refractivity contribution is 0.616. The molecule has 2 nitrogen and oxygen atoms in total. The standard InChI is InChI=1S/C10H8ClFN2/c11-7-10-13-5-6-14(10)9-4-2-1-3-8(9)12/h1-6H,7H2. The van der Waals surface area contributed by atoms with E-state index < -0.39 is 0 Å². The van der Waals surface area contributed by atoms with E-state index >= 15 is 0 Å². The smallest absolute Gasteiger partial charge is 0.147 e. The molecule has 0 N–H and O–H groups in total.